The van der Waals surface area contributed by atoms with Gasteiger partial charge in [-0.2, -0.15) is 0 Å². The van der Waals surface area contributed by atoms with E-state index in [4.69, 9.17) is 0 Å². The Kier molecular flexibility index (Phi) is 4.89. The lowest BCUT2D eigenvalue weighted by Crippen LogP contribution is -2.49. The number of benzene rings is 1. The van der Waals surface area contributed by atoms with Crippen LogP contribution in [0.1, 0.15) is 15.9 Å². The van der Waals surface area contributed by atoms with Crippen LogP contribution in [0.3, 0.4) is 0 Å². The molecule has 0 aliphatic carbocycles. The summed E-state index contributed by atoms with van der Waals surface area (Å²) in [7, 11) is 0. The molecule has 7 heteroatoms. The van der Waals surface area contributed by atoms with E-state index in [1.807, 2.05) is 49.4 Å². The predicted molar refractivity (Wildman–Crippen MR) is 107 cm³/mol. The monoisotopic (exact) mass is 375 g/mol. The topological polar surface area (TPSA) is 82.2 Å². The third-order valence-electron chi connectivity index (χ3n) is 4.89. The van der Waals surface area contributed by atoms with Crippen molar-refractivity contribution in [1.82, 2.24) is 19.9 Å². The molecule has 3 heterocycles. The summed E-state index contributed by atoms with van der Waals surface area (Å²) < 4.78 is 0. The molecule has 1 saturated heterocycles. The minimum Gasteiger partial charge on any atom is -0.353 e. The molecule has 1 aliphatic heterocycles. The van der Waals surface area contributed by atoms with Crippen LogP contribution in [0.25, 0.3) is 11.4 Å². The van der Waals surface area contributed by atoms with Crippen LogP contribution < -0.4 is 10.5 Å². The zero-order chi connectivity index (χ0) is 19.5. The van der Waals surface area contributed by atoms with Crippen molar-refractivity contribution in [3.8, 4) is 11.4 Å². The molecule has 4 rings (SSSR count). The molecule has 0 bridgehead atoms. The molecule has 142 valence electrons. The number of piperazine rings is 1. The maximum atomic E-state index is 12.8. The number of rotatable bonds is 3. The zero-order valence-corrected chi connectivity index (χ0v) is 15.6. The number of amides is 1. The minimum absolute atomic E-state index is 0.0714. The molecule has 1 N–H and O–H groups in total. The maximum absolute atomic E-state index is 12.8. The van der Waals surface area contributed by atoms with Crippen molar-refractivity contribution in [3.63, 3.8) is 0 Å². The first-order chi connectivity index (χ1) is 13.6. The Hall–Kier alpha value is -3.48. The van der Waals surface area contributed by atoms with E-state index in [9.17, 15) is 9.59 Å². The molecule has 0 saturated carbocycles. The highest BCUT2D eigenvalue weighted by molar-refractivity contribution is 5.93. The Morgan fingerprint density at radius 2 is 1.75 bits per heavy atom. The molecule has 28 heavy (non-hydrogen) atoms. The number of anilines is 1. The highest BCUT2D eigenvalue weighted by atomic mass is 16.2. The Morgan fingerprint density at radius 3 is 2.39 bits per heavy atom. The third-order valence-corrected chi connectivity index (χ3v) is 4.89. The summed E-state index contributed by atoms with van der Waals surface area (Å²) in [6, 6.07) is 13.5. The molecule has 0 spiro atoms. The molecule has 1 aliphatic rings. The van der Waals surface area contributed by atoms with E-state index in [0.29, 0.717) is 32.0 Å². The summed E-state index contributed by atoms with van der Waals surface area (Å²) in [6.07, 6.45) is 3.13. The second-order valence-corrected chi connectivity index (χ2v) is 6.81. The summed E-state index contributed by atoms with van der Waals surface area (Å²) >= 11 is 0. The summed E-state index contributed by atoms with van der Waals surface area (Å²) in [6.45, 7) is 4.42. The van der Waals surface area contributed by atoms with E-state index in [2.05, 4.69) is 19.9 Å². The number of H-pyrrole nitrogens is 1. The minimum atomic E-state index is -0.414. The second kappa shape index (κ2) is 7.64. The van der Waals surface area contributed by atoms with E-state index in [0.717, 1.165) is 16.9 Å². The van der Waals surface area contributed by atoms with E-state index >= 15 is 0 Å². The third kappa shape index (κ3) is 3.64. The van der Waals surface area contributed by atoms with Gasteiger partial charge in [-0.25, -0.2) is 9.97 Å². The van der Waals surface area contributed by atoms with Gasteiger partial charge in [0.1, 0.15) is 17.2 Å². The SMILES string of the molecule is Cc1ccc(-c2ncc(C(=O)N3CCN(c4ccccn4)CC3)c(=O)[nH]2)cc1. The molecule has 1 fully saturated rings. The highest BCUT2D eigenvalue weighted by Gasteiger charge is 2.24. The normalized spacial score (nSPS) is 14.2. The number of aromatic amines is 1. The van der Waals surface area contributed by atoms with Crippen LogP contribution in [0, 0.1) is 6.92 Å². The van der Waals surface area contributed by atoms with Gasteiger partial charge in [-0.15, -0.1) is 0 Å². The van der Waals surface area contributed by atoms with Crippen molar-refractivity contribution in [2.24, 2.45) is 0 Å². The molecule has 2 aromatic heterocycles. The van der Waals surface area contributed by atoms with Gasteiger partial charge in [0.2, 0.25) is 0 Å². The van der Waals surface area contributed by atoms with Gasteiger partial charge in [0, 0.05) is 44.1 Å². The van der Waals surface area contributed by atoms with Gasteiger partial charge in [-0.1, -0.05) is 35.9 Å². The van der Waals surface area contributed by atoms with Crippen LogP contribution in [-0.4, -0.2) is 51.9 Å². The standard InChI is InChI=1S/C21H21N5O2/c1-15-5-7-16(8-6-15)19-23-14-17(20(27)24-19)21(28)26-12-10-25(11-13-26)18-4-2-3-9-22-18/h2-9,14H,10-13H2,1H3,(H,23,24,27). The number of hydrogen-bond acceptors (Lipinski definition) is 5. The number of carbonyl (C=O) groups excluding carboxylic acids is 1. The number of aryl methyl sites for hydroxylation is 1. The average Bonchev–Trinajstić information content (AvgIpc) is 2.74. The summed E-state index contributed by atoms with van der Waals surface area (Å²) in [5.41, 5.74) is 1.60. The summed E-state index contributed by atoms with van der Waals surface area (Å²) in [5.74, 6) is 1.07. The number of hydrogen-bond donors (Lipinski definition) is 1. The van der Waals surface area contributed by atoms with Crippen molar-refractivity contribution < 1.29 is 4.79 Å². The lowest BCUT2D eigenvalue weighted by molar-refractivity contribution is 0.0744. The van der Waals surface area contributed by atoms with Gasteiger partial charge < -0.3 is 14.8 Å². The molecule has 3 aromatic rings. The quantitative estimate of drug-likeness (QED) is 0.758. The number of pyridine rings is 1. The van der Waals surface area contributed by atoms with Crippen LogP contribution in [0.4, 0.5) is 5.82 Å². The lowest BCUT2D eigenvalue weighted by atomic mass is 10.1. The number of carbonyl (C=O) groups is 1. The first-order valence-electron chi connectivity index (χ1n) is 9.23. The van der Waals surface area contributed by atoms with Crippen LogP contribution in [-0.2, 0) is 0 Å². The van der Waals surface area contributed by atoms with Crippen molar-refractivity contribution in [2.45, 2.75) is 6.92 Å². The molecule has 7 nitrogen and oxygen atoms in total. The molecular formula is C21H21N5O2. The summed E-state index contributed by atoms with van der Waals surface area (Å²) in [5, 5.41) is 0. The average molecular weight is 375 g/mol. The molecule has 0 radical (unpaired) electrons. The van der Waals surface area contributed by atoms with E-state index in [-0.39, 0.29) is 11.5 Å². The van der Waals surface area contributed by atoms with Crippen LogP contribution in [0.15, 0.2) is 59.7 Å². The van der Waals surface area contributed by atoms with Gasteiger partial charge in [0.05, 0.1) is 0 Å². The lowest BCUT2D eigenvalue weighted by Gasteiger charge is -2.35. The van der Waals surface area contributed by atoms with Crippen molar-refractivity contribution in [2.75, 3.05) is 31.1 Å². The predicted octanol–water partition coefficient (Wildman–Crippen LogP) is 2.10. The Labute approximate surface area is 162 Å². The second-order valence-electron chi connectivity index (χ2n) is 6.81. The van der Waals surface area contributed by atoms with E-state index in [1.54, 1.807) is 11.1 Å². The van der Waals surface area contributed by atoms with Crippen molar-refractivity contribution in [1.29, 1.82) is 0 Å². The van der Waals surface area contributed by atoms with Gasteiger partial charge in [-0.3, -0.25) is 9.59 Å². The molecule has 1 aromatic carbocycles. The molecule has 1 amide bonds. The van der Waals surface area contributed by atoms with Crippen molar-refractivity contribution in [3.05, 3.63) is 76.3 Å². The van der Waals surface area contributed by atoms with Gasteiger partial charge in [0.15, 0.2) is 0 Å². The number of nitrogens with zero attached hydrogens (tertiary/aromatic N) is 4. The number of aromatic nitrogens is 3. The number of nitrogens with one attached hydrogen (secondary N) is 1. The van der Waals surface area contributed by atoms with Gasteiger partial charge in [-0.05, 0) is 19.1 Å². The van der Waals surface area contributed by atoms with Gasteiger partial charge >= 0.3 is 0 Å². The fourth-order valence-corrected chi connectivity index (χ4v) is 3.26. The van der Waals surface area contributed by atoms with Crippen LogP contribution in [0.5, 0.6) is 0 Å². The first kappa shape index (κ1) is 17.9. The molecular weight excluding hydrogens is 354 g/mol. The Balaban J connectivity index is 1.47. The Bertz CT molecular complexity index is 1020. The molecule has 0 unspecified atom stereocenters. The fraction of sp³-hybridized carbons (Fsp3) is 0.238. The maximum Gasteiger partial charge on any atom is 0.264 e. The van der Waals surface area contributed by atoms with E-state index < -0.39 is 5.56 Å². The first-order valence-corrected chi connectivity index (χ1v) is 9.23. The zero-order valence-electron chi connectivity index (χ0n) is 15.6. The smallest absolute Gasteiger partial charge is 0.264 e. The van der Waals surface area contributed by atoms with Crippen LogP contribution in [0.2, 0.25) is 0 Å². The molecule has 0 atom stereocenters. The van der Waals surface area contributed by atoms with Crippen LogP contribution >= 0.6 is 0 Å². The Morgan fingerprint density at radius 1 is 1.00 bits per heavy atom. The van der Waals surface area contributed by atoms with Gasteiger partial charge in [0.25, 0.3) is 11.5 Å². The van der Waals surface area contributed by atoms with E-state index in [1.165, 1.54) is 6.20 Å². The van der Waals surface area contributed by atoms with Crippen molar-refractivity contribution >= 4 is 11.7 Å². The summed E-state index contributed by atoms with van der Waals surface area (Å²) in [4.78, 5) is 40.5. The fourth-order valence-electron chi connectivity index (χ4n) is 3.26. The highest BCUT2D eigenvalue weighted by Crippen LogP contribution is 2.16. The largest absolute Gasteiger partial charge is 0.353 e.